The molecule has 0 spiro atoms. The van der Waals surface area contributed by atoms with Crippen LogP contribution >= 0.6 is 11.6 Å². The van der Waals surface area contributed by atoms with Crippen molar-refractivity contribution in [1.82, 2.24) is 9.88 Å². The number of carbonyl (C=O) groups is 1. The van der Waals surface area contributed by atoms with Gasteiger partial charge in [0.25, 0.3) is 0 Å². The van der Waals surface area contributed by atoms with Gasteiger partial charge in [0.2, 0.25) is 0 Å². The van der Waals surface area contributed by atoms with E-state index in [1.165, 1.54) is 0 Å². The second kappa shape index (κ2) is 7.19. The molecule has 0 N–H and O–H groups in total. The standard InChI is InChI=1S/C20H30BClN2O4/c1-18(2,3)26-17(25)24-9-8-13(12-24)15-10-14(11-16(22)23-15)21-27-19(4,5)20(6,7)28-21/h10-11,13H,8-9,12H2,1-7H3. The van der Waals surface area contributed by atoms with Crippen LogP contribution < -0.4 is 5.46 Å². The van der Waals surface area contributed by atoms with E-state index in [1.807, 2.05) is 54.5 Å². The molecule has 2 aliphatic rings. The van der Waals surface area contributed by atoms with E-state index in [4.69, 9.17) is 25.6 Å². The number of hydrogen-bond acceptors (Lipinski definition) is 5. The average molecular weight is 409 g/mol. The first-order valence-electron chi connectivity index (χ1n) is 9.78. The van der Waals surface area contributed by atoms with Crippen molar-refractivity contribution in [3.8, 4) is 0 Å². The lowest BCUT2D eigenvalue weighted by Gasteiger charge is -2.32. The number of carbonyl (C=O) groups excluding carboxylic acids is 1. The molecule has 1 atom stereocenters. The average Bonchev–Trinajstić information content (AvgIpc) is 3.08. The summed E-state index contributed by atoms with van der Waals surface area (Å²) in [5, 5.41) is 0.401. The van der Waals surface area contributed by atoms with Gasteiger partial charge < -0.3 is 18.9 Å². The van der Waals surface area contributed by atoms with E-state index in [0.717, 1.165) is 17.6 Å². The molecular formula is C20H30BClN2O4. The van der Waals surface area contributed by atoms with Crippen molar-refractivity contribution >= 4 is 30.3 Å². The Labute approximate surface area is 173 Å². The maximum atomic E-state index is 12.3. The largest absolute Gasteiger partial charge is 0.495 e. The van der Waals surface area contributed by atoms with E-state index in [1.54, 1.807) is 11.0 Å². The van der Waals surface area contributed by atoms with Crippen LogP contribution in [0.1, 0.15) is 66.5 Å². The van der Waals surface area contributed by atoms with Crippen LogP contribution in [0.5, 0.6) is 0 Å². The van der Waals surface area contributed by atoms with Crippen LogP contribution in [0.4, 0.5) is 4.79 Å². The fraction of sp³-hybridized carbons (Fsp3) is 0.700. The van der Waals surface area contributed by atoms with Crippen molar-refractivity contribution in [1.29, 1.82) is 0 Å². The monoisotopic (exact) mass is 408 g/mol. The third-order valence-corrected chi connectivity index (χ3v) is 5.81. The van der Waals surface area contributed by atoms with Crippen molar-refractivity contribution < 1.29 is 18.8 Å². The van der Waals surface area contributed by atoms with Gasteiger partial charge in [-0.1, -0.05) is 11.6 Å². The van der Waals surface area contributed by atoms with Gasteiger partial charge in [-0.05, 0) is 72.5 Å². The van der Waals surface area contributed by atoms with Crippen molar-refractivity contribution in [3.05, 3.63) is 23.0 Å². The summed E-state index contributed by atoms with van der Waals surface area (Å²) in [6.45, 7) is 14.9. The molecule has 0 aliphatic carbocycles. The maximum absolute atomic E-state index is 12.3. The molecule has 3 heterocycles. The number of hydrogen-bond donors (Lipinski definition) is 0. The van der Waals surface area contributed by atoms with Crippen LogP contribution in [0.25, 0.3) is 0 Å². The summed E-state index contributed by atoms with van der Waals surface area (Å²) in [7, 11) is -0.493. The number of likely N-dealkylation sites (tertiary alicyclic amines) is 1. The van der Waals surface area contributed by atoms with Gasteiger partial charge in [-0.25, -0.2) is 9.78 Å². The molecule has 2 saturated heterocycles. The van der Waals surface area contributed by atoms with E-state index >= 15 is 0 Å². The van der Waals surface area contributed by atoms with Gasteiger partial charge in [0.1, 0.15) is 10.8 Å². The lowest BCUT2D eigenvalue weighted by atomic mass is 9.78. The minimum atomic E-state index is -0.507. The molecule has 2 fully saturated rings. The molecule has 2 aliphatic heterocycles. The highest BCUT2D eigenvalue weighted by molar-refractivity contribution is 6.62. The van der Waals surface area contributed by atoms with Crippen LogP contribution in [0.2, 0.25) is 5.15 Å². The van der Waals surface area contributed by atoms with Crippen molar-refractivity contribution in [2.24, 2.45) is 0 Å². The van der Waals surface area contributed by atoms with Gasteiger partial charge >= 0.3 is 13.2 Å². The molecule has 1 aromatic heterocycles. The zero-order valence-electron chi connectivity index (χ0n) is 17.8. The van der Waals surface area contributed by atoms with Crippen LogP contribution in [-0.4, -0.2) is 53.0 Å². The molecule has 28 heavy (non-hydrogen) atoms. The highest BCUT2D eigenvalue weighted by atomic mass is 35.5. The van der Waals surface area contributed by atoms with Crippen molar-refractivity contribution in [3.63, 3.8) is 0 Å². The third-order valence-electron chi connectivity index (χ3n) is 5.62. The van der Waals surface area contributed by atoms with Gasteiger partial charge in [0.05, 0.1) is 11.2 Å². The normalized spacial score (nSPS) is 23.9. The van der Waals surface area contributed by atoms with Gasteiger partial charge in [-0.2, -0.15) is 0 Å². The van der Waals surface area contributed by atoms with E-state index < -0.39 is 23.9 Å². The Kier molecular flexibility index (Phi) is 5.49. The third kappa shape index (κ3) is 4.47. The Hall–Kier alpha value is -1.31. The van der Waals surface area contributed by atoms with Crippen molar-refractivity contribution in [2.75, 3.05) is 13.1 Å². The lowest BCUT2D eigenvalue weighted by Crippen LogP contribution is -2.41. The summed E-state index contributed by atoms with van der Waals surface area (Å²) in [5.41, 5.74) is 0.351. The molecule has 3 rings (SSSR count). The Morgan fingerprint density at radius 2 is 1.86 bits per heavy atom. The topological polar surface area (TPSA) is 60.9 Å². The Balaban J connectivity index is 1.75. The van der Waals surface area contributed by atoms with Crippen LogP contribution in [0, 0.1) is 0 Å². The molecule has 6 nitrogen and oxygen atoms in total. The summed E-state index contributed by atoms with van der Waals surface area (Å²) >= 11 is 6.31. The second-order valence-corrected chi connectivity index (χ2v) is 10.0. The molecule has 8 heteroatoms. The molecule has 1 aromatic rings. The van der Waals surface area contributed by atoms with E-state index in [-0.39, 0.29) is 12.0 Å². The zero-order chi connectivity index (χ0) is 20.9. The molecule has 1 unspecified atom stereocenters. The molecule has 154 valence electrons. The molecule has 0 aromatic carbocycles. The summed E-state index contributed by atoms with van der Waals surface area (Å²) in [5.74, 6) is 0.104. The number of aromatic nitrogens is 1. The second-order valence-electron chi connectivity index (χ2n) is 9.65. The number of pyridine rings is 1. The van der Waals surface area contributed by atoms with Gasteiger partial charge in [0.15, 0.2) is 0 Å². The summed E-state index contributed by atoms with van der Waals surface area (Å²) in [4.78, 5) is 18.6. The predicted octanol–water partition coefficient (Wildman–Crippen LogP) is 3.76. The van der Waals surface area contributed by atoms with Crippen molar-refractivity contribution in [2.45, 2.75) is 77.6 Å². The summed E-state index contributed by atoms with van der Waals surface area (Å²) < 4.78 is 17.8. The molecule has 0 saturated carbocycles. The van der Waals surface area contributed by atoms with Gasteiger partial charge in [-0.15, -0.1) is 0 Å². The quantitative estimate of drug-likeness (QED) is 0.551. The number of amides is 1. The Morgan fingerprint density at radius 3 is 2.43 bits per heavy atom. The van der Waals surface area contributed by atoms with Crippen LogP contribution in [-0.2, 0) is 14.0 Å². The first-order chi connectivity index (χ1) is 12.8. The van der Waals surface area contributed by atoms with E-state index in [9.17, 15) is 4.79 Å². The maximum Gasteiger partial charge on any atom is 0.495 e. The fourth-order valence-corrected chi connectivity index (χ4v) is 3.58. The Morgan fingerprint density at radius 1 is 1.25 bits per heavy atom. The first-order valence-corrected chi connectivity index (χ1v) is 10.2. The number of halogens is 1. The minimum absolute atomic E-state index is 0.104. The summed E-state index contributed by atoms with van der Waals surface area (Å²) in [6.07, 6.45) is 0.526. The molecular weight excluding hydrogens is 378 g/mol. The molecule has 0 bridgehead atoms. The number of rotatable bonds is 2. The molecule has 1 amide bonds. The van der Waals surface area contributed by atoms with Gasteiger partial charge in [0, 0.05) is 24.7 Å². The number of nitrogens with zero attached hydrogens (tertiary/aromatic N) is 2. The Bertz CT molecular complexity index is 747. The fourth-order valence-electron chi connectivity index (χ4n) is 3.36. The lowest BCUT2D eigenvalue weighted by molar-refractivity contribution is 0.00578. The zero-order valence-corrected chi connectivity index (χ0v) is 18.6. The highest BCUT2D eigenvalue weighted by Crippen LogP contribution is 2.37. The van der Waals surface area contributed by atoms with E-state index in [2.05, 4.69) is 4.98 Å². The van der Waals surface area contributed by atoms with E-state index in [0.29, 0.717) is 18.2 Å². The first kappa shape index (κ1) is 21.4. The minimum Gasteiger partial charge on any atom is -0.444 e. The van der Waals surface area contributed by atoms with Crippen LogP contribution in [0.15, 0.2) is 12.1 Å². The SMILES string of the molecule is CC(C)(C)OC(=O)N1CCC(c2cc(B3OC(C)(C)C(C)(C)O3)cc(Cl)n2)C1. The number of ether oxygens (including phenoxy) is 1. The van der Waals surface area contributed by atoms with Gasteiger partial charge in [-0.3, -0.25) is 0 Å². The predicted molar refractivity (Wildman–Crippen MR) is 110 cm³/mol. The van der Waals surface area contributed by atoms with Crippen LogP contribution in [0.3, 0.4) is 0 Å². The smallest absolute Gasteiger partial charge is 0.444 e. The highest BCUT2D eigenvalue weighted by Gasteiger charge is 2.52. The molecule has 0 radical (unpaired) electrons. The summed E-state index contributed by atoms with van der Waals surface area (Å²) in [6, 6.07) is 3.77.